The maximum absolute atomic E-state index is 10.9. The quantitative estimate of drug-likeness (QED) is 0.632. The van der Waals surface area contributed by atoms with Gasteiger partial charge >= 0.3 is 6.09 Å². The Bertz CT molecular complexity index is 235. The minimum Gasteiger partial charge on any atom is -0.465 e. The lowest BCUT2D eigenvalue weighted by molar-refractivity contribution is -0.0409. The predicted octanol–water partition coefficient (Wildman–Crippen LogP) is 1.68. The molecule has 13 heavy (non-hydrogen) atoms. The molecule has 0 saturated carbocycles. The Labute approximate surface area is 77.8 Å². The van der Waals surface area contributed by atoms with Crippen LogP contribution in [-0.4, -0.2) is 34.5 Å². The van der Waals surface area contributed by atoms with Crippen LogP contribution in [0, 0.1) is 0 Å². The van der Waals surface area contributed by atoms with Crippen LogP contribution in [0.1, 0.15) is 20.8 Å². The first kappa shape index (κ1) is 10.1. The molecule has 1 saturated heterocycles. The summed E-state index contributed by atoms with van der Waals surface area (Å²) >= 11 is 0. The van der Waals surface area contributed by atoms with Gasteiger partial charge in [-0.15, -0.1) is 0 Å². The van der Waals surface area contributed by atoms with E-state index in [9.17, 15) is 4.79 Å². The number of ether oxygens (including phenoxy) is 1. The topological polar surface area (TPSA) is 49.8 Å². The summed E-state index contributed by atoms with van der Waals surface area (Å²) in [6.07, 6.45) is 2.74. The lowest BCUT2D eigenvalue weighted by Crippen LogP contribution is -2.46. The van der Waals surface area contributed by atoms with Crippen LogP contribution in [0.5, 0.6) is 0 Å². The van der Waals surface area contributed by atoms with E-state index in [-0.39, 0.29) is 6.04 Å². The van der Waals surface area contributed by atoms with Crippen LogP contribution >= 0.6 is 0 Å². The minimum absolute atomic E-state index is 0.155. The van der Waals surface area contributed by atoms with Crippen molar-refractivity contribution in [1.82, 2.24) is 4.90 Å². The van der Waals surface area contributed by atoms with Crippen LogP contribution in [0.15, 0.2) is 12.2 Å². The third kappa shape index (κ3) is 1.83. The fraction of sp³-hybridized carbons (Fsp3) is 0.667. The molecule has 1 fully saturated rings. The van der Waals surface area contributed by atoms with E-state index in [2.05, 4.69) is 0 Å². The predicted molar refractivity (Wildman–Crippen MR) is 48.5 cm³/mol. The van der Waals surface area contributed by atoms with Gasteiger partial charge in [-0.2, -0.15) is 0 Å². The van der Waals surface area contributed by atoms with E-state index >= 15 is 0 Å². The number of carboxylic acid groups (broad SMARTS) is 1. The van der Waals surface area contributed by atoms with Crippen LogP contribution in [0.3, 0.4) is 0 Å². The highest BCUT2D eigenvalue weighted by molar-refractivity contribution is 5.67. The molecule has 1 aliphatic rings. The average Bonchev–Trinajstić information content (AvgIpc) is 2.26. The molecule has 0 spiro atoms. The minimum atomic E-state index is -0.939. The van der Waals surface area contributed by atoms with Gasteiger partial charge in [-0.05, 0) is 20.8 Å². The lowest BCUT2D eigenvalue weighted by atomic mass is 10.2. The third-order valence-electron chi connectivity index (χ3n) is 2.14. The van der Waals surface area contributed by atoms with Gasteiger partial charge in [0.1, 0.15) is 5.72 Å². The maximum Gasteiger partial charge on any atom is 0.410 e. The van der Waals surface area contributed by atoms with Crippen LogP contribution in [0.2, 0.25) is 0 Å². The van der Waals surface area contributed by atoms with Gasteiger partial charge in [0.25, 0.3) is 0 Å². The lowest BCUT2D eigenvalue weighted by Gasteiger charge is -2.29. The monoisotopic (exact) mass is 185 g/mol. The van der Waals surface area contributed by atoms with Crippen molar-refractivity contribution in [3.63, 3.8) is 0 Å². The van der Waals surface area contributed by atoms with Crippen molar-refractivity contribution in [3.8, 4) is 0 Å². The van der Waals surface area contributed by atoms with Crippen molar-refractivity contribution in [2.75, 3.05) is 6.61 Å². The molecule has 0 aromatic heterocycles. The first-order valence-electron chi connectivity index (χ1n) is 4.28. The van der Waals surface area contributed by atoms with Crippen molar-refractivity contribution in [3.05, 3.63) is 12.2 Å². The van der Waals surface area contributed by atoms with Crippen LogP contribution in [0.4, 0.5) is 4.79 Å². The second-order valence-electron chi connectivity index (χ2n) is 3.50. The fourth-order valence-electron chi connectivity index (χ4n) is 1.57. The summed E-state index contributed by atoms with van der Waals surface area (Å²) in [5.41, 5.74) is -0.712. The number of hydrogen-bond acceptors (Lipinski definition) is 2. The largest absolute Gasteiger partial charge is 0.465 e. The molecule has 1 amide bonds. The molecule has 0 unspecified atom stereocenters. The maximum atomic E-state index is 10.9. The number of nitrogens with zero attached hydrogens (tertiary/aromatic N) is 1. The Balaban J connectivity index is 2.86. The van der Waals surface area contributed by atoms with Crippen molar-refractivity contribution < 1.29 is 14.6 Å². The van der Waals surface area contributed by atoms with E-state index in [1.54, 1.807) is 13.8 Å². The average molecular weight is 185 g/mol. The van der Waals surface area contributed by atoms with E-state index in [1.165, 1.54) is 4.90 Å². The van der Waals surface area contributed by atoms with Crippen LogP contribution < -0.4 is 0 Å². The molecule has 0 aliphatic carbocycles. The summed E-state index contributed by atoms with van der Waals surface area (Å²) < 4.78 is 5.37. The van der Waals surface area contributed by atoms with Gasteiger partial charge in [-0.3, -0.25) is 4.90 Å². The highest BCUT2D eigenvalue weighted by atomic mass is 16.5. The molecule has 0 radical (unpaired) electrons. The van der Waals surface area contributed by atoms with Crippen LogP contribution in [0.25, 0.3) is 0 Å². The van der Waals surface area contributed by atoms with Crippen molar-refractivity contribution in [2.24, 2.45) is 0 Å². The summed E-state index contributed by atoms with van der Waals surface area (Å²) in [5.74, 6) is 0. The first-order valence-corrected chi connectivity index (χ1v) is 4.28. The first-order chi connectivity index (χ1) is 5.99. The summed E-state index contributed by atoms with van der Waals surface area (Å²) in [6, 6.07) is -0.155. The van der Waals surface area contributed by atoms with E-state index in [4.69, 9.17) is 9.84 Å². The number of rotatable bonds is 1. The molecular weight excluding hydrogens is 170 g/mol. The van der Waals surface area contributed by atoms with Crippen molar-refractivity contribution >= 4 is 6.09 Å². The SMILES string of the molecule is CC=C[C@H]1COC(C)(C)N1C(=O)O. The Hall–Kier alpha value is -1.03. The van der Waals surface area contributed by atoms with Crippen LogP contribution in [-0.2, 0) is 4.74 Å². The molecule has 0 bridgehead atoms. The van der Waals surface area contributed by atoms with E-state index in [1.807, 2.05) is 19.1 Å². The number of hydrogen-bond donors (Lipinski definition) is 1. The molecule has 1 rings (SSSR count). The molecule has 4 nitrogen and oxygen atoms in total. The summed E-state index contributed by atoms with van der Waals surface area (Å²) in [4.78, 5) is 12.2. The Morgan fingerprint density at radius 1 is 1.69 bits per heavy atom. The molecule has 1 heterocycles. The molecule has 0 aromatic carbocycles. The molecule has 1 aliphatic heterocycles. The zero-order valence-electron chi connectivity index (χ0n) is 8.15. The smallest absolute Gasteiger partial charge is 0.410 e. The van der Waals surface area contributed by atoms with E-state index in [0.29, 0.717) is 6.61 Å². The van der Waals surface area contributed by atoms with Gasteiger partial charge in [0, 0.05) is 0 Å². The second kappa shape index (κ2) is 3.38. The molecule has 1 N–H and O–H groups in total. The fourth-order valence-corrected chi connectivity index (χ4v) is 1.57. The number of amides is 1. The van der Waals surface area contributed by atoms with Gasteiger partial charge in [0.2, 0.25) is 0 Å². The van der Waals surface area contributed by atoms with E-state index in [0.717, 1.165) is 0 Å². The zero-order valence-corrected chi connectivity index (χ0v) is 8.15. The van der Waals surface area contributed by atoms with Gasteiger partial charge < -0.3 is 9.84 Å². The molecule has 1 atom stereocenters. The second-order valence-corrected chi connectivity index (χ2v) is 3.50. The normalized spacial score (nSPS) is 27.0. The molecular formula is C9H15NO3. The third-order valence-corrected chi connectivity index (χ3v) is 2.14. The Kier molecular flexibility index (Phi) is 2.61. The summed E-state index contributed by atoms with van der Waals surface area (Å²) in [7, 11) is 0. The number of allylic oxidation sites excluding steroid dienone is 1. The molecule has 4 heteroatoms. The standard InChI is InChI=1S/C9H15NO3/c1-4-5-7-6-13-9(2,3)10(7)8(11)12/h4-5,7H,6H2,1-3H3,(H,11,12)/t7-/m0/s1. The summed E-state index contributed by atoms with van der Waals surface area (Å²) in [5, 5.41) is 8.96. The molecule has 74 valence electrons. The van der Waals surface area contributed by atoms with Gasteiger partial charge in [-0.25, -0.2) is 4.79 Å². The van der Waals surface area contributed by atoms with Gasteiger partial charge in [0.15, 0.2) is 0 Å². The highest BCUT2D eigenvalue weighted by Gasteiger charge is 2.42. The number of carbonyl (C=O) groups is 1. The van der Waals surface area contributed by atoms with Gasteiger partial charge in [0.05, 0.1) is 12.6 Å². The Morgan fingerprint density at radius 3 is 2.77 bits per heavy atom. The zero-order chi connectivity index (χ0) is 10.1. The highest BCUT2D eigenvalue weighted by Crippen LogP contribution is 2.27. The summed E-state index contributed by atoms with van der Waals surface area (Å²) in [6.45, 7) is 5.81. The van der Waals surface area contributed by atoms with E-state index < -0.39 is 11.8 Å². The molecule has 0 aromatic rings. The van der Waals surface area contributed by atoms with Crippen molar-refractivity contribution in [1.29, 1.82) is 0 Å². The van der Waals surface area contributed by atoms with Crippen molar-refractivity contribution in [2.45, 2.75) is 32.5 Å². The Morgan fingerprint density at radius 2 is 2.31 bits per heavy atom. The van der Waals surface area contributed by atoms with Gasteiger partial charge in [-0.1, -0.05) is 12.2 Å².